The van der Waals surface area contributed by atoms with E-state index >= 15 is 0 Å². The predicted molar refractivity (Wildman–Crippen MR) is 64.6 cm³/mol. The summed E-state index contributed by atoms with van der Waals surface area (Å²) in [6.45, 7) is 4.31. The first-order valence-electron chi connectivity index (χ1n) is 5.97. The van der Waals surface area contributed by atoms with Crippen molar-refractivity contribution in [3.05, 3.63) is 0 Å². The van der Waals surface area contributed by atoms with Crippen molar-refractivity contribution in [1.82, 2.24) is 5.32 Å². The third-order valence-electron chi connectivity index (χ3n) is 2.43. The van der Waals surface area contributed by atoms with Gasteiger partial charge in [0.15, 0.2) is 0 Å². The van der Waals surface area contributed by atoms with Crippen molar-refractivity contribution in [1.29, 1.82) is 0 Å². The van der Waals surface area contributed by atoms with Crippen LogP contribution in [0.5, 0.6) is 0 Å². The van der Waals surface area contributed by atoms with Crippen molar-refractivity contribution in [2.45, 2.75) is 46.0 Å². The van der Waals surface area contributed by atoms with Crippen LogP contribution in [0, 0.1) is 5.41 Å². The van der Waals surface area contributed by atoms with E-state index in [1.54, 1.807) is 13.8 Å². The molecule has 0 aromatic carbocycles. The molecule has 0 aliphatic heterocycles. The second-order valence-corrected chi connectivity index (χ2v) is 5.05. The van der Waals surface area contributed by atoms with Crippen molar-refractivity contribution in [2.24, 2.45) is 5.41 Å². The Bertz CT molecular complexity index is 251. The van der Waals surface area contributed by atoms with Crippen LogP contribution >= 0.6 is 0 Å². The average Bonchev–Trinajstić information content (AvgIpc) is 2.14. The highest BCUT2D eigenvalue weighted by Gasteiger charge is 2.24. The van der Waals surface area contributed by atoms with Crippen molar-refractivity contribution < 1.29 is 19.8 Å². The molecule has 0 aliphatic rings. The van der Waals surface area contributed by atoms with E-state index in [0.717, 1.165) is 19.3 Å². The molecule has 17 heavy (non-hydrogen) atoms. The quantitative estimate of drug-likeness (QED) is 0.532. The normalized spacial score (nSPS) is 11.2. The summed E-state index contributed by atoms with van der Waals surface area (Å²) in [6.07, 6.45) is 2.69. The number of amides is 1. The molecular weight excluding hydrogens is 222 g/mol. The van der Waals surface area contributed by atoms with Gasteiger partial charge in [-0.2, -0.15) is 0 Å². The van der Waals surface area contributed by atoms with E-state index in [4.69, 9.17) is 10.2 Å². The lowest BCUT2D eigenvalue weighted by atomic mass is 9.85. The van der Waals surface area contributed by atoms with Crippen LogP contribution in [-0.4, -0.2) is 35.2 Å². The monoisotopic (exact) mass is 245 g/mol. The Morgan fingerprint density at radius 3 is 2.29 bits per heavy atom. The minimum atomic E-state index is -0.884. The van der Waals surface area contributed by atoms with Crippen molar-refractivity contribution in [2.75, 3.05) is 13.2 Å². The van der Waals surface area contributed by atoms with E-state index in [0.29, 0.717) is 6.54 Å². The number of aliphatic hydroxyl groups is 1. The molecule has 0 atom stereocenters. The first-order chi connectivity index (χ1) is 7.87. The standard InChI is InChI=1S/C12H23NO4/c1-12(2,9-11(16)17)8-10(15)13-6-4-3-5-7-14/h14H,3-9H2,1-2H3,(H,13,15)(H,16,17). The van der Waals surface area contributed by atoms with Gasteiger partial charge in [-0.25, -0.2) is 0 Å². The summed E-state index contributed by atoms with van der Waals surface area (Å²) < 4.78 is 0. The van der Waals surface area contributed by atoms with Crippen LogP contribution in [0.2, 0.25) is 0 Å². The maximum atomic E-state index is 11.5. The van der Waals surface area contributed by atoms with E-state index in [1.807, 2.05) is 0 Å². The number of hydrogen-bond acceptors (Lipinski definition) is 3. The fraction of sp³-hybridized carbons (Fsp3) is 0.833. The average molecular weight is 245 g/mol. The Morgan fingerprint density at radius 1 is 1.12 bits per heavy atom. The number of carbonyl (C=O) groups is 2. The zero-order valence-electron chi connectivity index (χ0n) is 10.7. The molecule has 0 unspecified atom stereocenters. The highest BCUT2D eigenvalue weighted by Crippen LogP contribution is 2.24. The number of carboxylic acid groups (broad SMARTS) is 1. The molecule has 100 valence electrons. The summed E-state index contributed by atoms with van der Waals surface area (Å²) in [4.78, 5) is 22.1. The molecule has 5 heteroatoms. The molecule has 0 fully saturated rings. The van der Waals surface area contributed by atoms with Crippen LogP contribution < -0.4 is 5.32 Å². The van der Waals surface area contributed by atoms with Crippen molar-refractivity contribution in [3.8, 4) is 0 Å². The second kappa shape index (κ2) is 8.06. The molecule has 0 aromatic heterocycles. The molecular formula is C12H23NO4. The molecule has 0 rings (SSSR count). The lowest BCUT2D eigenvalue weighted by Crippen LogP contribution is -2.30. The van der Waals surface area contributed by atoms with Crippen LogP contribution in [0.15, 0.2) is 0 Å². The number of aliphatic carboxylic acids is 1. The van der Waals surface area contributed by atoms with E-state index < -0.39 is 11.4 Å². The summed E-state index contributed by atoms with van der Waals surface area (Å²) >= 11 is 0. The van der Waals surface area contributed by atoms with E-state index in [1.165, 1.54) is 0 Å². The number of aliphatic hydroxyl groups excluding tert-OH is 1. The van der Waals surface area contributed by atoms with Gasteiger partial charge < -0.3 is 15.5 Å². The first-order valence-corrected chi connectivity index (χ1v) is 5.97. The maximum absolute atomic E-state index is 11.5. The Balaban J connectivity index is 3.73. The smallest absolute Gasteiger partial charge is 0.303 e. The Morgan fingerprint density at radius 2 is 1.76 bits per heavy atom. The van der Waals surface area contributed by atoms with Crippen LogP contribution in [0.3, 0.4) is 0 Å². The van der Waals surface area contributed by atoms with Gasteiger partial charge in [-0.15, -0.1) is 0 Å². The van der Waals surface area contributed by atoms with E-state index in [9.17, 15) is 9.59 Å². The number of rotatable bonds is 9. The second-order valence-electron chi connectivity index (χ2n) is 5.05. The minimum Gasteiger partial charge on any atom is -0.481 e. The Hall–Kier alpha value is -1.10. The number of hydrogen-bond donors (Lipinski definition) is 3. The van der Waals surface area contributed by atoms with Crippen molar-refractivity contribution >= 4 is 11.9 Å². The van der Waals surface area contributed by atoms with Crippen LogP contribution in [0.4, 0.5) is 0 Å². The summed E-state index contributed by atoms with van der Waals surface area (Å²) in [7, 11) is 0. The van der Waals surface area contributed by atoms with Gasteiger partial charge in [0.2, 0.25) is 5.91 Å². The molecule has 0 saturated heterocycles. The molecule has 0 saturated carbocycles. The summed E-state index contributed by atoms with van der Waals surface area (Å²) in [5, 5.41) is 20.0. The first kappa shape index (κ1) is 15.9. The highest BCUT2D eigenvalue weighted by molar-refractivity contribution is 5.77. The molecule has 5 nitrogen and oxygen atoms in total. The molecule has 0 aliphatic carbocycles. The fourth-order valence-corrected chi connectivity index (χ4v) is 1.61. The molecule has 1 amide bonds. The van der Waals surface area contributed by atoms with Crippen molar-refractivity contribution in [3.63, 3.8) is 0 Å². The van der Waals surface area contributed by atoms with Gasteiger partial charge in [0.1, 0.15) is 0 Å². The lowest BCUT2D eigenvalue weighted by molar-refractivity contribution is -0.139. The lowest BCUT2D eigenvalue weighted by Gasteiger charge is -2.21. The number of carbonyl (C=O) groups excluding carboxylic acids is 1. The molecule has 0 aromatic rings. The van der Waals surface area contributed by atoms with Gasteiger partial charge in [0.05, 0.1) is 6.42 Å². The number of unbranched alkanes of at least 4 members (excludes halogenated alkanes) is 2. The fourth-order valence-electron chi connectivity index (χ4n) is 1.61. The predicted octanol–water partition coefficient (Wildman–Crippen LogP) is 1.16. The van der Waals surface area contributed by atoms with Crippen LogP contribution in [0.1, 0.15) is 46.0 Å². The third kappa shape index (κ3) is 9.81. The SMILES string of the molecule is CC(C)(CC(=O)O)CC(=O)NCCCCCO. The Kier molecular flexibility index (Phi) is 7.54. The van der Waals surface area contributed by atoms with E-state index in [-0.39, 0.29) is 25.4 Å². The zero-order valence-corrected chi connectivity index (χ0v) is 10.7. The topological polar surface area (TPSA) is 86.6 Å². The Labute approximate surface area is 102 Å². The summed E-state index contributed by atoms with van der Waals surface area (Å²) in [6, 6.07) is 0. The molecule has 0 heterocycles. The van der Waals surface area contributed by atoms with Gasteiger partial charge in [-0.3, -0.25) is 9.59 Å². The molecule has 0 spiro atoms. The van der Waals surface area contributed by atoms with Crippen LogP contribution in [0.25, 0.3) is 0 Å². The minimum absolute atomic E-state index is 0.00900. The van der Waals surface area contributed by atoms with Gasteiger partial charge >= 0.3 is 5.97 Å². The number of nitrogens with one attached hydrogen (secondary N) is 1. The van der Waals surface area contributed by atoms with Gasteiger partial charge in [0.25, 0.3) is 0 Å². The molecule has 0 radical (unpaired) electrons. The highest BCUT2D eigenvalue weighted by atomic mass is 16.4. The largest absolute Gasteiger partial charge is 0.481 e. The molecule has 0 bridgehead atoms. The van der Waals surface area contributed by atoms with Gasteiger partial charge in [0, 0.05) is 19.6 Å². The molecule has 3 N–H and O–H groups in total. The van der Waals surface area contributed by atoms with Gasteiger partial charge in [-0.1, -0.05) is 13.8 Å². The maximum Gasteiger partial charge on any atom is 0.303 e. The summed E-state index contributed by atoms with van der Waals surface area (Å²) in [5.74, 6) is -0.994. The third-order valence-corrected chi connectivity index (χ3v) is 2.43. The van der Waals surface area contributed by atoms with Crippen LogP contribution in [-0.2, 0) is 9.59 Å². The zero-order chi connectivity index (χ0) is 13.3. The van der Waals surface area contributed by atoms with Gasteiger partial charge in [-0.05, 0) is 24.7 Å². The van der Waals surface area contributed by atoms with E-state index in [2.05, 4.69) is 5.32 Å². The summed E-state index contributed by atoms with van der Waals surface area (Å²) in [5.41, 5.74) is -0.513. The number of carboxylic acids is 1.